The normalized spacial score (nSPS) is 16.1. The summed E-state index contributed by atoms with van der Waals surface area (Å²) in [6.07, 6.45) is -2.06. The van der Waals surface area contributed by atoms with Gasteiger partial charge in [-0.05, 0) is 57.4 Å². The lowest BCUT2D eigenvalue weighted by Gasteiger charge is -2.42. The summed E-state index contributed by atoms with van der Waals surface area (Å²) in [5.74, 6) is 0. The second kappa shape index (κ2) is 13.0. The minimum atomic E-state index is -4.52. The van der Waals surface area contributed by atoms with Gasteiger partial charge in [0.2, 0.25) is 0 Å². The number of imidazole rings is 1. The second-order valence-corrected chi connectivity index (χ2v) is 19.3. The topological polar surface area (TPSA) is 65.8 Å². The number of rotatable bonds is 10. The summed E-state index contributed by atoms with van der Waals surface area (Å²) in [6, 6.07) is 13.2. The minimum absolute atomic E-state index is 0.0295. The first-order chi connectivity index (χ1) is 20.1. The first kappa shape index (κ1) is 33.0. The molecule has 2 heterocycles. The van der Waals surface area contributed by atoms with Crippen LogP contribution in [0.2, 0.25) is 25.7 Å². The van der Waals surface area contributed by atoms with Crippen LogP contribution in [0.25, 0.3) is 11.0 Å². The molecule has 0 radical (unpaired) electrons. The number of aromatic nitrogens is 2. The van der Waals surface area contributed by atoms with Gasteiger partial charge in [0.25, 0.3) is 0 Å². The maximum Gasteiger partial charge on any atom is 0.416 e. The number of halogens is 3. The Labute approximate surface area is 253 Å². The summed E-state index contributed by atoms with van der Waals surface area (Å²) in [5.41, 5.74) is 0.556. The number of carbonyl (C=O) groups is 1. The van der Waals surface area contributed by atoms with Gasteiger partial charge in [0.1, 0.15) is 12.3 Å². The van der Waals surface area contributed by atoms with Crippen LogP contribution in [-0.4, -0.2) is 60.5 Å². The van der Waals surface area contributed by atoms with E-state index in [1.165, 1.54) is 6.33 Å². The van der Waals surface area contributed by atoms with E-state index in [9.17, 15) is 18.0 Å². The van der Waals surface area contributed by atoms with Crippen molar-refractivity contribution in [3.05, 3.63) is 65.5 Å². The van der Waals surface area contributed by atoms with E-state index in [0.717, 1.165) is 23.7 Å². The molecule has 3 aromatic rings. The molecular formula is C32H44F3N3O4Si. The van der Waals surface area contributed by atoms with Crippen molar-refractivity contribution in [1.82, 2.24) is 14.5 Å². The predicted molar refractivity (Wildman–Crippen MR) is 164 cm³/mol. The summed E-state index contributed by atoms with van der Waals surface area (Å²) in [6.45, 7) is 14.2. The smallest absolute Gasteiger partial charge is 0.416 e. The molecule has 0 spiro atoms. The van der Waals surface area contributed by atoms with E-state index in [1.807, 2.05) is 51.1 Å². The Morgan fingerprint density at radius 1 is 1.02 bits per heavy atom. The molecule has 2 aromatic carbocycles. The summed E-state index contributed by atoms with van der Waals surface area (Å²) in [5, 5.41) is 0. The van der Waals surface area contributed by atoms with Gasteiger partial charge in [0.05, 0.1) is 36.1 Å². The maximum atomic E-state index is 13.9. The Kier molecular flexibility index (Phi) is 9.98. The number of fused-ring (bicyclic) bond motifs is 1. The molecule has 0 unspecified atom stereocenters. The second-order valence-electron chi connectivity index (χ2n) is 13.7. The lowest BCUT2D eigenvalue weighted by molar-refractivity contribution is -0.137. The quantitative estimate of drug-likeness (QED) is 0.171. The van der Waals surface area contributed by atoms with Crippen molar-refractivity contribution in [3.63, 3.8) is 0 Å². The highest BCUT2D eigenvalue weighted by Gasteiger charge is 2.39. The molecule has 1 aliphatic rings. The van der Waals surface area contributed by atoms with Gasteiger partial charge in [-0.1, -0.05) is 50.0 Å². The number of nitrogens with zero attached hydrogens (tertiary/aromatic N) is 3. The predicted octanol–water partition coefficient (Wildman–Crippen LogP) is 7.85. The van der Waals surface area contributed by atoms with E-state index >= 15 is 0 Å². The molecule has 7 nitrogen and oxygen atoms in total. The Bertz CT molecular complexity index is 1370. The molecule has 0 N–H and O–H groups in total. The van der Waals surface area contributed by atoms with E-state index in [1.54, 1.807) is 9.47 Å². The zero-order valence-corrected chi connectivity index (χ0v) is 27.1. The van der Waals surface area contributed by atoms with Gasteiger partial charge in [-0.15, -0.1) is 0 Å². The highest BCUT2D eigenvalue weighted by Crippen LogP contribution is 2.38. The monoisotopic (exact) mass is 619 g/mol. The largest absolute Gasteiger partial charge is 0.444 e. The third kappa shape index (κ3) is 8.83. The highest BCUT2D eigenvalue weighted by atomic mass is 28.3. The summed E-state index contributed by atoms with van der Waals surface area (Å²) in [7, 11) is -1.30. The zero-order valence-electron chi connectivity index (χ0n) is 26.1. The van der Waals surface area contributed by atoms with Gasteiger partial charge in [0, 0.05) is 38.7 Å². The van der Waals surface area contributed by atoms with Crippen LogP contribution in [0.3, 0.4) is 0 Å². The summed E-state index contributed by atoms with van der Waals surface area (Å²) in [4.78, 5) is 18.9. The molecule has 0 atom stereocenters. The Morgan fingerprint density at radius 2 is 1.70 bits per heavy atom. The van der Waals surface area contributed by atoms with Crippen molar-refractivity contribution in [2.24, 2.45) is 0 Å². The number of benzene rings is 2. The summed E-state index contributed by atoms with van der Waals surface area (Å²) >= 11 is 0. The van der Waals surface area contributed by atoms with Gasteiger partial charge in [-0.25, -0.2) is 9.78 Å². The molecular weight excluding hydrogens is 575 g/mol. The van der Waals surface area contributed by atoms with Crippen molar-refractivity contribution in [2.45, 2.75) is 89.8 Å². The van der Waals surface area contributed by atoms with Crippen LogP contribution >= 0.6 is 0 Å². The fraction of sp³-hybridized carbons (Fsp3) is 0.562. The minimum Gasteiger partial charge on any atom is -0.444 e. The first-order valence-corrected chi connectivity index (χ1v) is 18.5. The summed E-state index contributed by atoms with van der Waals surface area (Å²) < 4.78 is 61.0. The molecule has 1 fully saturated rings. The van der Waals surface area contributed by atoms with Gasteiger partial charge in [0.15, 0.2) is 0 Å². The Hall–Kier alpha value is -2.89. The number of piperidine rings is 1. The molecule has 1 aliphatic heterocycles. The fourth-order valence-electron chi connectivity index (χ4n) is 5.26. The molecule has 1 saturated heterocycles. The lowest BCUT2D eigenvalue weighted by Crippen LogP contribution is -2.48. The van der Waals surface area contributed by atoms with Gasteiger partial charge in [-0.3, -0.25) is 0 Å². The number of alkyl halides is 3. The molecule has 11 heteroatoms. The van der Waals surface area contributed by atoms with Gasteiger partial charge < -0.3 is 23.7 Å². The van der Waals surface area contributed by atoms with Crippen LogP contribution in [0.4, 0.5) is 18.0 Å². The van der Waals surface area contributed by atoms with Gasteiger partial charge in [-0.2, -0.15) is 13.2 Å². The molecule has 43 heavy (non-hydrogen) atoms. The van der Waals surface area contributed by atoms with Crippen LogP contribution in [0.1, 0.15) is 50.3 Å². The zero-order chi connectivity index (χ0) is 31.5. The first-order valence-electron chi connectivity index (χ1n) is 14.8. The molecule has 4 rings (SSSR count). The number of likely N-dealkylation sites (tertiary alicyclic amines) is 1. The Morgan fingerprint density at radius 3 is 2.30 bits per heavy atom. The average Bonchev–Trinajstić information content (AvgIpc) is 3.33. The van der Waals surface area contributed by atoms with E-state index in [-0.39, 0.29) is 26.0 Å². The van der Waals surface area contributed by atoms with Crippen LogP contribution in [-0.2, 0) is 39.1 Å². The van der Waals surface area contributed by atoms with Gasteiger partial charge >= 0.3 is 12.3 Å². The maximum absolute atomic E-state index is 13.9. The highest BCUT2D eigenvalue weighted by molar-refractivity contribution is 6.76. The molecule has 1 aromatic heterocycles. The number of amides is 1. The van der Waals surface area contributed by atoms with Crippen molar-refractivity contribution < 1.29 is 32.2 Å². The standard InChI is InChI=1S/C32H44F3N3O4Si/c1-30(2,3)42-29(39)37-14-12-31(13-15-37,25-10-8-7-9-11-25)21-41-20-24-18-26(32(33,34)35)19-27-28(24)36-22-38(27)23-40-16-17-43(4,5)6/h7-11,18-19,22H,12-17,20-21,23H2,1-6H3. The van der Waals surface area contributed by atoms with E-state index in [2.05, 4.69) is 24.6 Å². The number of ether oxygens (including phenoxy) is 3. The van der Waals surface area contributed by atoms with Crippen LogP contribution < -0.4 is 0 Å². The van der Waals surface area contributed by atoms with E-state index in [0.29, 0.717) is 49.1 Å². The van der Waals surface area contributed by atoms with E-state index in [4.69, 9.17) is 14.2 Å². The van der Waals surface area contributed by atoms with Crippen LogP contribution in [0.5, 0.6) is 0 Å². The Balaban J connectivity index is 1.52. The lowest BCUT2D eigenvalue weighted by atomic mass is 9.73. The molecule has 0 saturated carbocycles. The molecule has 236 valence electrons. The van der Waals surface area contributed by atoms with Crippen LogP contribution in [0.15, 0.2) is 48.8 Å². The van der Waals surface area contributed by atoms with Crippen molar-refractivity contribution >= 4 is 25.2 Å². The van der Waals surface area contributed by atoms with E-state index < -0.39 is 30.8 Å². The number of carbonyl (C=O) groups excluding carboxylic acids is 1. The molecule has 0 bridgehead atoms. The molecule has 1 amide bonds. The van der Waals surface area contributed by atoms with Crippen molar-refractivity contribution in [2.75, 3.05) is 26.3 Å². The third-order valence-corrected chi connectivity index (χ3v) is 9.46. The molecule has 0 aliphatic carbocycles. The average molecular weight is 620 g/mol. The third-order valence-electron chi connectivity index (χ3n) is 7.75. The van der Waals surface area contributed by atoms with Crippen molar-refractivity contribution in [1.29, 1.82) is 0 Å². The SMILES string of the molecule is CC(C)(C)OC(=O)N1CCC(COCc2cc(C(F)(F)F)cc3c2ncn3COCC[Si](C)(C)C)(c2ccccc2)CC1. The van der Waals surface area contributed by atoms with Crippen LogP contribution in [0, 0.1) is 0 Å². The van der Waals surface area contributed by atoms with Crippen molar-refractivity contribution in [3.8, 4) is 0 Å². The number of hydrogen-bond acceptors (Lipinski definition) is 5. The number of hydrogen-bond donors (Lipinski definition) is 0. The fourth-order valence-corrected chi connectivity index (χ4v) is 6.02.